The first-order valence-corrected chi connectivity index (χ1v) is 15.6. The molecule has 0 aromatic carbocycles. The van der Waals surface area contributed by atoms with Gasteiger partial charge in [0.05, 0.1) is 23.6 Å². The van der Waals surface area contributed by atoms with Gasteiger partial charge in [-0.05, 0) is 92.9 Å². The minimum atomic E-state index is -1.04. The maximum Gasteiger partial charge on any atom is 0.338 e. The van der Waals surface area contributed by atoms with Gasteiger partial charge in [-0.3, -0.25) is 9.25 Å². The van der Waals surface area contributed by atoms with Gasteiger partial charge in [-0.1, -0.05) is 18.9 Å². The predicted octanol–water partition coefficient (Wildman–Crippen LogP) is 6.74. The molecule has 0 saturated heterocycles. The Morgan fingerprint density at radius 2 is 1.77 bits per heavy atom. The van der Waals surface area contributed by atoms with Crippen LogP contribution in [0.1, 0.15) is 66.6 Å². The average molecular weight is 589 g/mol. The van der Waals surface area contributed by atoms with E-state index in [1.54, 1.807) is 29.5 Å². The van der Waals surface area contributed by atoms with E-state index in [1.807, 2.05) is 37.4 Å². The van der Waals surface area contributed by atoms with Gasteiger partial charge >= 0.3 is 5.97 Å². The first-order chi connectivity index (χ1) is 21.4. The van der Waals surface area contributed by atoms with E-state index in [4.69, 9.17) is 10.1 Å². The fourth-order valence-electron chi connectivity index (χ4n) is 8.70. The zero-order valence-electron chi connectivity index (χ0n) is 25.1. The summed E-state index contributed by atoms with van der Waals surface area (Å²) in [5.41, 5.74) is 5.24. The zero-order valence-corrected chi connectivity index (χ0v) is 25.1. The van der Waals surface area contributed by atoms with E-state index in [0.717, 1.165) is 46.8 Å². The van der Waals surface area contributed by atoms with Crippen LogP contribution in [0.5, 0.6) is 0 Å². The largest absolute Gasteiger partial charge is 0.478 e. The minimum absolute atomic E-state index is 0.140. The molecule has 10 heteroatoms. The van der Waals surface area contributed by atoms with Crippen LogP contribution in [-0.2, 0) is 6.54 Å². The average Bonchev–Trinajstić information content (AvgIpc) is 3.52. The summed E-state index contributed by atoms with van der Waals surface area (Å²) >= 11 is 0. The minimum Gasteiger partial charge on any atom is -0.478 e. The van der Waals surface area contributed by atoms with Crippen LogP contribution < -0.4 is 5.32 Å². The smallest absolute Gasteiger partial charge is 0.338 e. The number of anilines is 2. The van der Waals surface area contributed by atoms with Crippen molar-refractivity contribution >= 4 is 28.8 Å². The standard InChI is InChI=1S/C34H36N8O2/c1-20-9-25(15-36-31(20)40-28-5-3-4-8-35-28)41-19-38-30-29(33(43)44)27(16-37-32(30)41)26-17-39-42(21(26)2)18-34-12-22-6-7-23(13-34)11-24(10-22)14-34/h3-5,8-9,15-17,19,22-24H,6-7,10-14,18H2,1-2H3,(H,43,44)(H,35,36,40). The van der Waals surface area contributed by atoms with Crippen LogP contribution in [0.15, 0.2) is 55.4 Å². The van der Waals surface area contributed by atoms with Gasteiger partial charge in [0.15, 0.2) is 5.65 Å². The molecule has 4 bridgehead atoms. The summed E-state index contributed by atoms with van der Waals surface area (Å²) in [5.74, 6) is 2.92. The highest BCUT2D eigenvalue weighted by Gasteiger charge is 2.48. The number of carbonyl (C=O) groups is 1. The number of hydrogen-bond acceptors (Lipinski definition) is 7. The van der Waals surface area contributed by atoms with Crippen LogP contribution in [0.25, 0.3) is 28.0 Å². The van der Waals surface area contributed by atoms with Crippen LogP contribution in [0.3, 0.4) is 0 Å². The van der Waals surface area contributed by atoms with Crippen molar-refractivity contribution in [3.8, 4) is 16.8 Å². The molecule has 0 amide bonds. The molecule has 4 saturated carbocycles. The maximum absolute atomic E-state index is 12.8. The Balaban J connectivity index is 1.12. The van der Waals surface area contributed by atoms with Crippen molar-refractivity contribution < 1.29 is 9.90 Å². The molecule has 4 fully saturated rings. The number of carboxylic acid groups (broad SMARTS) is 1. The second kappa shape index (κ2) is 10.2. The van der Waals surface area contributed by atoms with Crippen LogP contribution in [0, 0.1) is 37.0 Å². The van der Waals surface area contributed by atoms with Crippen molar-refractivity contribution in [1.82, 2.24) is 34.3 Å². The number of imidazole rings is 1. The highest BCUT2D eigenvalue weighted by atomic mass is 16.4. The lowest BCUT2D eigenvalue weighted by Gasteiger charge is -2.48. The summed E-state index contributed by atoms with van der Waals surface area (Å²) in [6.07, 6.45) is 18.0. The van der Waals surface area contributed by atoms with E-state index in [0.29, 0.717) is 33.8 Å². The van der Waals surface area contributed by atoms with Crippen molar-refractivity contribution in [2.24, 2.45) is 23.2 Å². The van der Waals surface area contributed by atoms with Crippen molar-refractivity contribution in [2.75, 3.05) is 5.32 Å². The molecule has 9 rings (SSSR count). The molecule has 10 nitrogen and oxygen atoms in total. The highest BCUT2D eigenvalue weighted by Crippen LogP contribution is 2.58. The van der Waals surface area contributed by atoms with E-state index in [1.165, 1.54) is 44.9 Å². The van der Waals surface area contributed by atoms with Crippen LogP contribution in [0.4, 0.5) is 11.6 Å². The first kappa shape index (κ1) is 27.0. The van der Waals surface area contributed by atoms with E-state index in [2.05, 4.69) is 31.9 Å². The Morgan fingerprint density at radius 1 is 0.977 bits per heavy atom. The number of pyridine rings is 3. The second-order valence-corrected chi connectivity index (χ2v) is 13.4. The molecule has 5 aromatic heterocycles. The topological polar surface area (TPSA) is 124 Å². The van der Waals surface area contributed by atoms with Gasteiger partial charge in [-0.25, -0.2) is 24.7 Å². The van der Waals surface area contributed by atoms with Crippen LogP contribution in [0.2, 0.25) is 0 Å². The molecule has 44 heavy (non-hydrogen) atoms. The molecule has 2 atom stereocenters. The molecular weight excluding hydrogens is 552 g/mol. The van der Waals surface area contributed by atoms with Gasteiger partial charge in [-0.2, -0.15) is 5.10 Å². The lowest BCUT2D eigenvalue weighted by atomic mass is 9.58. The summed E-state index contributed by atoms with van der Waals surface area (Å²) in [4.78, 5) is 31.0. The summed E-state index contributed by atoms with van der Waals surface area (Å²) in [6, 6.07) is 7.62. The predicted molar refractivity (Wildman–Crippen MR) is 167 cm³/mol. The molecule has 4 aliphatic carbocycles. The molecule has 4 aliphatic rings. The lowest BCUT2D eigenvalue weighted by Crippen LogP contribution is -2.40. The van der Waals surface area contributed by atoms with Crippen LogP contribution in [-0.4, -0.2) is 45.4 Å². The third kappa shape index (κ3) is 4.55. The number of aromatic nitrogens is 7. The van der Waals surface area contributed by atoms with Crippen molar-refractivity contribution in [3.05, 3.63) is 72.2 Å². The molecule has 5 heterocycles. The second-order valence-electron chi connectivity index (χ2n) is 13.4. The summed E-state index contributed by atoms with van der Waals surface area (Å²) in [5, 5.41) is 18.5. The molecular formula is C34H36N8O2. The molecule has 0 spiro atoms. The number of nitrogens with one attached hydrogen (secondary N) is 1. The third-order valence-corrected chi connectivity index (χ3v) is 10.4. The fourth-order valence-corrected chi connectivity index (χ4v) is 8.70. The third-order valence-electron chi connectivity index (χ3n) is 10.4. The zero-order chi connectivity index (χ0) is 30.0. The Labute approximate surface area is 255 Å². The SMILES string of the molecule is Cc1cc(-n2cnc3c(C(=O)O)c(-c4cnn(CC56CC7CCC(CC(C7)C5)C6)c4C)cnc32)cnc1Nc1ccccn1. The van der Waals surface area contributed by atoms with Gasteiger partial charge in [-0.15, -0.1) is 0 Å². The summed E-state index contributed by atoms with van der Waals surface area (Å²) in [7, 11) is 0. The van der Waals surface area contributed by atoms with E-state index in [-0.39, 0.29) is 5.56 Å². The Morgan fingerprint density at radius 3 is 2.50 bits per heavy atom. The van der Waals surface area contributed by atoms with Gasteiger partial charge in [0.25, 0.3) is 0 Å². The van der Waals surface area contributed by atoms with Gasteiger partial charge in [0.2, 0.25) is 0 Å². The maximum atomic E-state index is 12.8. The number of carboxylic acids is 1. The van der Waals surface area contributed by atoms with Gasteiger partial charge < -0.3 is 10.4 Å². The molecule has 224 valence electrons. The van der Waals surface area contributed by atoms with Gasteiger partial charge in [0, 0.05) is 35.8 Å². The van der Waals surface area contributed by atoms with E-state index >= 15 is 0 Å². The first-order valence-electron chi connectivity index (χ1n) is 15.6. The van der Waals surface area contributed by atoms with Crippen molar-refractivity contribution in [3.63, 3.8) is 0 Å². The fraction of sp³-hybridized carbons (Fsp3) is 0.412. The van der Waals surface area contributed by atoms with E-state index in [9.17, 15) is 9.90 Å². The van der Waals surface area contributed by atoms with Gasteiger partial charge in [0.1, 0.15) is 23.5 Å². The molecule has 2 N–H and O–H groups in total. The lowest BCUT2D eigenvalue weighted by molar-refractivity contribution is 0.0169. The number of aryl methyl sites for hydroxylation is 1. The molecule has 2 unspecified atom stereocenters. The monoisotopic (exact) mass is 588 g/mol. The van der Waals surface area contributed by atoms with Crippen LogP contribution >= 0.6 is 0 Å². The number of fused-ring (bicyclic) bond motifs is 2. The Kier molecular flexibility index (Phi) is 6.28. The van der Waals surface area contributed by atoms with Crippen molar-refractivity contribution in [2.45, 2.75) is 65.3 Å². The summed E-state index contributed by atoms with van der Waals surface area (Å²) in [6.45, 7) is 4.92. The van der Waals surface area contributed by atoms with E-state index < -0.39 is 5.97 Å². The number of aromatic carboxylic acids is 1. The molecule has 0 radical (unpaired) electrons. The summed E-state index contributed by atoms with van der Waals surface area (Å²) < 4.78 is 3.91. The number of rotatable bonds is 7. The molecule has 0 aliphatic heterocycles. The molecule has 5 aromatic rings. The van der Waals surface area contributed by atoms with Crippen molar-refractivity contribution in [1.29, 1.82) is 0 Å². The normalized spacial score (nSPS) is 24.1. The quantitative estimate of drug-likeness (QED) is 0.214. The Bertz CT molecular complexity index is 1880. The Hall–Kier alpha value is -4.60. The highest BCUT2D eigenvalue weighted by molar-refractivity contribution is 6.06. The number of hydrogen-bond donors (Lipinski definition) is 2. The number of nitrogens with zero attached hydrogens (tertiary/aromatic N) is 7.